The van der Waals surface area contributed by atoms with Gasteiger partial charge in [-0.2, -0.15) is 9.97 Å². The fraction of sp³-hybridized carbons (Fsp3) is 0.788. The summed E-state index contributed by atoms with van der Waals surface area (Å²) in [5.41, 5.74) is 14.6. The molecule has 9 rings (SSSR count). The second kappa shape index (κ2) is 26.4. The van der Waals surface area contributed by atoms with E-state index in [0.717, 1.165) is 43.2 Å². The number of nitrogens with one attached hydrogen (secondary N) is 4. The van der Waals surface area contributed by atoms with Gasteiger partial charge in [0.05, 0.1) is 64.2 Å². The van der Waals surface area contributed by atoms with Gasteiger partial charge in [-0.05, 0) is 109 Å². The normalized spacial score (nSPS) is 28.9. The zero-order valence-corrected chi connectivity index (χ0v) is 56.3. The molecule has 23 nitrogen and oxygen atoms in total. The van der Waals surface area contributed by atoms with Gasteiger partial charge in [0.2, 0.25) is 12.7 Å². The van der Waals surface area contributed by atoms with E-state index < -0.39 is 85.8 Å². The number of rotatable bonds is 15. The molecule has 29 heteroatoms. The Hall–Kier alpha value is -2.25. The lowest BCUT2D eigenvalue weighted by Gasteiger charge is -2.42. The van der Waals surface area contributed by atoms with Crippen molar-refractivity contribution in [3.05, 3.63) is 24.4 Å². The molecule has 1 saturated carbocycles. The van der Waals surface area contributed by atoms with E-state index in [1.165, 1.54) is 51.9 Å². The lowest BCUT2D eigenvalue weighted by molar-refractivity contribution is -0.894. The minimum Gasteiger partial charge on any atom is -0.780 e. The number of imidazole rings is 1. The number of nitrogens with two attached hydrogens (primary N) is 2. The Morgan fingerprint density at radius 1 is 0.827 bits per heavy atom. The number of quaternary nitrogens is 2. The summed E-state index contributed by atoms with van der Waals surface area (Å²) in [6.45, 7) is 33.3. The third kappa shape index (κ3) is 15.7. The molecule has 2 unspecified atom stereocenters. The Kier molecular flexibility index (Phi) is 21.6. The van der Waals surface area contributed by atoms with Crippen molar-refractivity contribution >= 4 is 94.0 Å². The number of fused-ring (bicyclic) bond motifs is 4. The predicted octanol–water partition coefficient (Wildman–Crippen LogP) is 5.61. The average molecular weight is 1240 g/mol. The van der Waals surface area contributed by atoms with Crippen LogP contribution in [-0.4, -0.2) is 158 Å². The molecule has 0 radical (unpaired) electrons. The van der Waals surface area contributed by atoms with E-state index in [1.807, 2.05) is 10.8 Å². The highest BCUT2D eigenvalue weighted by molar-refractivity contribution is 8.32. The summed E-state index contributed by atoms with van der Waals surface area (Å²) in [4.78, 5) is 41.1. The monoisotopic (exact) mass is 1240 g/mol. The maximum atomic E-state index is 14.8. The largest absolute Gasteiger partial charge is 0.780 e. The molecule has 3 saturated heterocycles. The van der Waals surface area contributed by atoms with Gasteiger partial charge in [0, 0.05) is 24.8 Å². The summed E-state index contributed by atoms with van der Waals surface area (Å²) in [6.07, 6.45) is -0.193. The van der Waals surface area contributed by atoms with E-state index in [0.29, 0.717) is 18.0 Å². The number of aromatic nitrogens is 7. The summed E-state index contributed by atoms with van der Waals surface area (Å²) < 4.78 is 71.5. The number of aryl methyl sites for hydroxylation is 1. The first kappa shape index (κ1) is 66.3. The molecule has 81 heavy (non-hydrogen) atoms. The first-order valence-corrected chi connectivity index (χ1v) is 40.0. The molecule has 458 valence electrons. The van der Waals surface area contributed by atoms with Gasteiger partial charge in [0.15, 0.2) is 40.6 Å². The summed E-state index contributed by atoms with van der Waals surface area (Å²) in [7, 11) is -5.37. The van der Waals surface area contributed by atoms with Crippen molar-refractivity contribution in [1.82, 2.24) is 34.1 Å². The highest BCUT2D eigenvalue weighted by Gasteiger charge is 2.56. The van der Waals surface area contributed by atoms with E-state index in [2.05, 4.69) is 135 Å². The standard InChI is InChI=1S/C40H65N11O10P2S2Si2.2C6H15N/c1-38(2,3)66(7,8)60-28-24-18-55-62(52,64)58-27-23(56-36(30(27)61-67(9,10)39(4,5)6)50-16-22-12-11-15-43-32-25(22)33(50)46-20-45-32)17-54-63(53,65)59-29(28)35(57-24)51-21-47-26-31(41)48-37(49-34(26)51)44-19-40(42)13-14-40;2*1-4-7(5-2)6-3/h16,20-21,23-24,27-30,35-36H,11-15,17-19,42H2,1-10H3,(H,52,64)(H,53,65)(H,43,45,46)(H3,41,44,48,49);2*4-6H2,1-3H3/t23-,24-,27-,28-,29-,30-,35-,36-,62?,63?;;/m1../s1. The molecule has 5 aliphatic rings. The Morgan fingerprint density at radius 3 is 1.98 bits per heavy atom. The minimum absolute atomic E-state index is 0.110. The molecule has 0 amide bonds. The maximum Gasteiger partial charge on any atom is 0.226 e. The third-order valence-corrected chi connectivity index (χ3v) is 29.5. The number of hydrogen-bond acceptors (Lipinski definition) is 21. The smallest absolute Gasteiger partial charge is 0.226 e. The van der Waals surface area contributed by atoms with Crippen molar-refractivity contribution in [2.24, 2.45) is 5.73 Å². The number of anilines is 3. The molecule has 4 fully saturated rings. The second-order valence-electron chi connectivity index (χ2n) is 25.0. The van der Waals surface area contributed by atoms with Crippen molar-refractivity contribution in [2.45, 2.75) is 200 Å². The van der Waals surface area contributed by atoms with E-state index in [9.17, 15) is 9.46 Å². The summed E-state index contributed by atoms with van der Waals surface area (Å²) >= 11 is 11.5. The fourth-order valence-corrected chi connectivity index (χ4v) is 15.2. The first-order chi connectivity index (χ1) is 37.8. The van der Waals surface area contributed by atoms with E-state index in [4.69, 9.17) is 81.9 Å². The summed E-state index contributed by atoms with van der Waals surface area (Å²) in [5.74, 6) is 1.05. The van der Waals surface area contributed by atoms with Crippen LogP contribution >= 0.6 is 13.5 Å². The van der Waals surface area contributed by atoms with Gasteiger partial charge in [0.1, 0.15) is 66.7 Å². The van der Waals surface area contributed by atoms with Crippen LogP contribution < -0.4 is 36.8 Å². The molecule has 10 atom stereocenters. The van der Waals surface area contributed by atoms with Gasteiger partial charge in [-0.1, -0.05) is 53.3 Å². The van der Waals surface area contributed by atoms with Crippen molar-refractivity contribution < 1.29 is 55.7 Å². The van der Waals surface area contributed by atoms with E-state index >= 15 is 0 Å². The zero-order chi connectivity index (χ0) is 59.7. The van der Waals surface area contributed by atoms with Crippen molar-refractivity contribution in [3.63, 3.8) is 0 Å². The molecule has 0 aromatic carbocycles. The topological polar surface area (TPSA) is 273 Å². The van der Waals surface area contributed by atoms with Gasteiger partial charge in [-0.3, -0.25) is 9.13 Å². The average Bonchev–Trinajstić information content (AvgIpc) is 3.87. The van der Waals surface area contributed by atoms with Gasteiger partial charge >= 0.3 is 0 Å². The molecule has 0 spiro atoms. The van der Waals surface area contributed by atoms with E-state index in [-0.39, 0.29) is 45.2 Å². The Morgan fingerprint density at radius 2 is 1.41 bits per heavy atom. The van der Waals surface area contributed by atoms with Crippen LogP contribution in [0.25, 0.3) is 22.2 Å². The summed E-state index contributed by atoms with van der Waals surface area (Å²) in [5, 5.41) is 6.89. The number of hydrogen-bond donors (Lipinski definition) is 6. The Balaban J connectivity index is 0.000000600. The molecule has 4 aliphatic heterocycles. The maximum absolute atomic E-state index is 14.8. The second-order valence-corrected chi connectivity index (χ2v) is 40.0. The number of nitrogen functional groups attached to an aromatic ring is 1. The van der Waals surface area contributed by atoms with Crippen LogP contribution in [-0.2, 0) is 71.5 Å². The molecular formula is C52H95N13O10P2S2Si2. The predicted molar refractivity (Wildman–Crippen MR) is 327 cm³/mol. The SMILES string of the molecule is CC(C)(C)[Si](C)(C)O[C@@H]1[C@@H]2OP([O-])(=S)OC[C@H]3O[C@@H](n4cnc5c(N)nc(NCC6(N)CC6)nc54)[C@H](OP(=O)([S-])OC[C@H]2O[C@H]1n1cc2c4c(ncnc41)NCCC2)[C@@H]3O[Si](C)(C)C(C)(C)C.CC[NH+](CC)CC.CC[NH+](CC)CC. The minimum atomic E-state index is -4.50. The van der Waals surface area contributed by atoms with Gasteiger partial charge in [0.25, 0.3) is 0 Å². The van der Waals surface area contributed by atoms with Crippen LogP contribution in [0, 0.1) is 0 Å². The first-order valence-electron chi connectivity index (χ1n) is 29.1. The van der Waals surface area contributed by atoms with Crippen LogP contribution in [0.15, 0.2) is 18.9 Å². The highest BCUT2D eigenvalue weighted by Crippen LogP contribution is 2.56. The van der Waals surface area contributed by atoms with Gasteiger partial charge in [-0.15, -0.1) is 0 Å². The van der Waals surface area contributed by atoms with Crippen molar-refractivity contribution in [2.75, 3.05) is 81.9 Å². The van der Waals surface area contributed by atoms with Crippen molar-refractivity contribution in [1.29, 1.82) is 0 Å². The van der Waals surface area contributed by atoms with Crippen LogP contribution in [0.1, 0.15) is 120 Å². The fourth-order valence-electron chi connectivity index (χ4n) is 9.82. The zero-order valence-electron chi connectivity index (χ0n) is 50.8. The molecular weight excluding hydrogens is 1150 g/mol. The van der Waals surface area contributed by atoms with Gasteiger partial charge < -0.3 is 90.0 Å². The molecule has 8 N–H and O–H groups in total. The quantitative estimate of drug-likeness (QED) is 0.0480. The molecule has 8 heterocycles. The van der Waals surface area contributed by atoms with Crippen LogP contribution in [0.4, 0.5) is 17.6 Å². The van der Waals surface area contributed by atoms with Crippen LogP contribution in [0.2, 0.25) is 36.3 Å². The molecule has 4 aromatic heterocycles. The Labute approximate surface area is 492 Å². The van der Waals surface area contributed by atoms with Crippen LogP contribution in [0.5, 0.6) is 0 Å². The molecule has 2 bridgehead atoms. The third-order valence-electron chi connectivity index (χ3n) is 17.4. The highest BCUT2D eigenvalue weighted by atomic mass is 32.7. The van der Waals surface area contributed by atoms with Crippen molar-refractivity contribution in [3.8, 4) is 0 Å². The van der Waals surface area contributed by atoms with Gasteiger partial charge in [-0.25, -0.2) is 15.0 Å². The Bertz CT molecular complexity index is 2830. The number of nitrogens with zero attached hydrogens (tertiary/aromatic N) is 7. The van der Waals surface area contributed by atoms with Crippen LogP contribution in [0.3, 0.4) is 0 Å². The number of ether oxygens (including phenoxy) is 2. The molecule has 1 aliphatic carbocycles. The lowest BCUT2D eigenvalue weighted by atomic mass is 10.1. The molecule has 4 aromatic rings. The lowest BCUT2D eigenvalue weighted by Crippen LogP contribution is -3.11. The summed E-state index contributed by atoms with van der Waals surface area (Å²) in [6, 6.07) is 0. The van der Waals surface area contributed by atoms with E-state index in [1.54, 1.807) is 14.4 Å².